The van der Waals surface area contributed by atoms with Crippen molar-refractivity contribution in [3.05, 3.63) is 14.9 Å². The lowest BCUT2D eigenvalue weighted by atomic mass is 10.0. The van der Waals surface area contributed by atoms with E-state index in [-0.39, 0.29) is 0 Å². The molecule has 1 aromatic rings. The minimum Gasteiger partial charge on any atom is -0.481 e. The molecule has 3 rings (SSSR count). The van der Waals surface area contributed by atoms with Crippen molar-refractivity contribution in [2.75, 3.05) is 7.05 Å². The molecule has 0 amide bonds. The summed E-state index contributed by atoms with van der Waals surface area (Å²) in [7, 11) is 2.25. The number of thiophene rings is 1. The Labute approximate surface area is 119 Å². The molecule has 94 valence electrons. The van der Waals surface area contributed by atoms with E-state index in [9.17, 15) is 0 Å². The summed E-state index contributed by atoms with van der Waals surface area (Å²) in [6, 6.07) is 3.42. The summed E-state index contributed by atoms with van der Waals surface area (Å²) in [5.41, 5.74) is 0. The fourth-order valence-electron chi connectivity index (χ4n) is 3.01. The summed E-state index contributed by atoms with van der Waals surface area (Å²) < 4.78 is 7.78. The lowest BCUT2D eigenvalue weighted by molar-refractivity contribution is 0.0685. The number of ether oxygens (including phenoxy) is 1. The molecule has 3 heterocycles. The van der Waals surface area contributed by atoms with Crippen molar-refractivity contribution in [3.63, 3.8) is 0 Å². The first kappa shape index (κ1) is 12.3. The molecule has 2 aliphatic heterocycles. The maximum atomic E-state index is 6.06. The van der Waals surface area contributed by atoms with E-state index < -0.39 is 0 Å². The van der Waals surface area contributed by atoms with Crippen LogP contribution in [0, 0.1) is 0 Å². The van der Waals surface area contributed by atoms with Crippen molar-refractivity contribution in [3.8, 4) is 5.06 Å². The van der Waals surface area contributed by atoms with Gasteiger partial charge in [-0.05, 0) is 48.7 Å². The third-order valence-electron chi connectivity index (χ3n) is 3.96. The van der Waals surface area contributed by atoms with Gasteiger partial charge in [0, 0.05) is 18.2 Å². The van der Waals surface area contributed by atoms with Crippen LogP contribution in [-0.4, -0.2) is 30.1 Å². The molecule has 2 saturated heterocycles. The molecule has 0 spiro atoms. The Bertz CT molecular complexity index is 391. The van der Waals surface area contributed by atoms with Crippen molar-refractivity contribution in [2.24, 2.45) is 0 Å². The number of nitrogens with zero attached hydrogens (tertiary/aromatic N) is 1. The average Bonchev–Trinajstić information content (AvgIpc) is 2.69. The highest BCUT2D eigenvalue weighted by molar-refractivity contribution is 9.10. The highest BCUT2D eigenvalue weighted by atomic mass is 79.9. The highest BCUT2D eigenvalue weighted by Crippen LogP contribution is 2.40. The van der Waals surface area contributed by atoms with Crippen molar-refractivity contribution in [1.29, 1.82) is 0 Å². The van der Waals surface area contributed by atoms with Crippen molar-refractivity contribution in [2.45, 2.75) is 43.9 Å². The SMILES string of the molecule is CN1C2CCC1CC(Oc1cc(Br)c(Cl)s1)C2. The van der Waals surface area contributed by atoms with Crippen LogP contribution in [0.3, 0.4) is 0 Å². The summed E-state index contributed by atoms with van der Waals surface area (Å²) in [5.74, 6) is 0. The van der Waals surface area contributed by atoms with Crippen LogP contribution in [0.5, 0.6) is 5.06 Å². The molecule has 0 aliphatic carbocycles. The topological polar surface area (TPSA) is 12.5 Å². The quantitative estimate of drug-likeness (QED) is 0.804. The Morgan fingerprint density at radius 1 is 1.41 bits per heavy atom. The fraction of sp³-hybridized carbons (Fsp3) is 0.667. The molecule has 17 heavy (non-hydrogen) atoms. The van der Waals surface area contributed by atoms with E-state index >= 15 is 0 Å². The molecule has 0 saturated carbocycles. The molecule has 2 bridgehead atoms. The van der Waals surface area contributed by atoms with Gasteiger partial charge in [-0.2, -0.15) is 0 Å². The van der Waals surface area contributed by atoms with Gasteiger partial charge in [0.15, 0.2) is 5.06 Å². The molecule has 2 nitrogen and oxygen atoms in total. The first-order valence-electron chi connectivity index (χ1n) is 5.97. The highest BCUT2D eigenvalue weighted by Gasteiger charge is 2.39. The molecule has 2 aliphatic rings. The van der Waals surface area contributed by atoms with Gasteiger partial charge in [0.05, 0.1) is 4.47 Å². The van der Waals surface area contributed by atoms with Gasteiger partial charge in [-0.1, -0.05) is 22.9 Å². The van der Waals surface area contributed by atoms with Crippen LogP contribution in [0.1, 0.15) is 25.7 Å². The Morgan fingerprint density at radius 3 is 2.59 bits per heavy atom. The molecular weight excluding hydrogens is 322 g/mol. The zero-order chi connectivity index (χ0) is 12.0. The van der Waals surface area contributed by atoms with Gasteiger partial charge in [-0.25, -0.2) is 0 Å². The number of rotatable bonds is 2. The molecule has 2 unspecified atom stereocenters. The zero-order valence-electron chi connectivity index (χ0n) is 9.66. The second kappa shape index (κ2) is 4.72. The molecular formula is C12H15BrClNOS. The smallest absolute Gasteiger partial charge is 0.176 e. The Balaban J connectivity index is 1.67. The van der Waals surface area contributed by atoms with E-state index in [4.69, 9.17) is 16.3 Å². The van der Waals surface area contributed by atoms with Crippen LogP contribution >= 0.6 is 38.9 Å². The summed E-state index contributed by atoms with van der Waals surface area (Å²) in [6.45, 7) is 0. The Kier molecular flexibility index (Phi) is 3.41. The van der Waals surface area contributed by atoms with E-state index in [1.807, 2.05) is 6.07 Å². The van der Waals surface area contributed by atoms with Crippen LogP contribution in [0.4, 0.5) is 0 Å². The van der Waals surface area contributed by atoms with Gasteiger partial charge < -0.3 is 9.64 Å². The molecule has 2 fully saturated rings. The third-order valence-corrected chi connectivity index (χ3v) is 6.33. The fourth-order valence-corrected chi connectivity index (χ4v) is 4.59. The number of fused-ring (bicyclic) bond motifs is 2. The molecule has 5 heteroatoms. The lowest BCUT2D eigenvalue weighted by Gasteiger charge is -2.35. The number of hydrogen-bond donors (Lipinski definition) is 0. The molecule has 0 radical (unpaired) electrons. The number of piperidine rings is 1. The van der Waals surface area contributed by atoms with Gasteiger partial charge in [0.2, 0.25) is 0 Å². The maximum absolute atomic E-state index is 6.06. The maximum Gasteiger partial charge on any atom is 0.176 e. The average molecular weight is 337 g/mol. The third kappa shape index (κ3) is 2.37. The second-order valence-corrected chi connectivity index (χ2v) is 7.42. The van der Waals surface area contributed by atoms with E-state index in [0.29, 0.717) is 6.10 Å². The van der Waals surface area contributed by atoms with Crippen LogP contribution in [0.2, 0.25) is 4.34 Å². The Morgan fingerprint density at radius 2 is 2.06 bits per heavy atom. The van der Waals surface area contributed by atoms with Gasteiger partial charge in [0.1, 0.15) is 10.4 Å². The minimum absolute atomic E-state index is 0.366. The predicted molar refractivity (Wildman–Crippen MR) is 75.3 cm³/mol. The van der Waals surface area contributed by atoms with Crippen molar-refractivity contribution < 1.29 is 4.74 Å². The standard InChI is InChI=1S/C12H15BrClNOS/c1-15-7-2-3-8(15)5-9(4-7)16-11-6-10(13)12(14)17-11/h6-9H,2-5H2,1H3. The predicted octanol–water partition coefficient (Wildman–Crippen LogP) is 4.17. The van der Waals surface area contributed by atoms with E-state index in [1.165, 1.54) is 24.2 Å². The van der Waals surface area contributed by atoms with Gasteiger partial charge in [-0.3, -0.25) is 0 Å². The van der Waals surface area contributed by atoms with Crippen LogP contribution in [0.25, 0.3) is 0 Å². The van der Waals surface area contributed by atoms with Gasteiger partial charge in [-0.15, -0.1) is 0 Å². The Hall–Kier alpha value is 0.230. The number of hydrogen-bond acceptors (Lipinski definition) is 3. The van der Waals surface area contributed by atoms with Crippen LogP contribution in [-0.2, 0) is 0 Å². The zero-order valence-corrected chi connectivity index (χ0v) is 12.8. The first-order valence-corrected chi connectivity index (χ1v) is 7.95. The molecule has 0 aromatic carbocycles. The van der Waals surface area contributed by atoms with E-state index in [0.717, 1.165) is 38.8 Å². The lowest BCUT2D eigenvalue weighted by Crippen LogP contribution is -2.43. The molecule has 0 N–H and O–H groups in total. The summed E-state index contributed by atoms with van der Waals surface area (Å²) in [6.07, 6.45) is 5.33. The molecule has 1 aromatic heterocycles. The molecule has 2 atom stereocenters. The number of halogens is 2. The second-order valence-electron chi connectivity index (χ2n) is 4.95. The summed E-state index contributed by atoms with van der Waals surface area (Å²) >= 11 is 11.0. The first-order chi connectivity index (χ1) is 8.13. The minimum atomic E-state index is 0.366. The van der Waals surface area contributed by atoms with Crippen molar-refractivity contribution in [1.82, 2.24) is 4.90 Å². The van der Waals surface area contributed by atoms with Gasteiger partial charge >= 0.3 is 0 Å². The summed E-state index contributed by atoms with van der Waals surface area (Å²) in [4.78, 5) is 2.52. The normalized spacial score (nSPS) is 33.0. The van der Waals surface area contributed by atoms with Gasteiger partial charge in [0.25, 0.3) is 0 Å². The largest absolute Gasteiger partial charge is 0.481 e. The summed E-state index contributed by atoms with van der Waals surface area (Å²) in [5, 5.41) is 0.941. The van der Waals surface area contributed by atoms with Crippen LogP contribution < -0.4 is 4.74 Å². The van der Waals surface area contributed by atoms with Crippen LogP contribution in [0.15, 0.2) is 10.5 Å². The van der Waals surface area contributed by atoms with E-state index in [2.05, 4.69) is 27.9 Å². The van der Waals surface area contributed by atoms with Crippen molar-refractivity contribution >= 4 is 38.9 Å². The van der Waals surface area contributed by atoms with E-state index in [1.54, 1.807) is 0 Å². The monoisotopic (exact) mass is 335 g/mol.